The van der Waals surface area contributed by atoms with E-state index in [1.807, 2.05) is 25.1 Å². The summed E-state index contributed by atoms with van der Waals surface area (Å²) in [4.78, 5) is 13.1. The predicted molar refractivity (Wildman–Crippen MR) is 86.9 cm³/mol. The van der Waals surface area contributed by atoms with Gasteiger partial charge in [-0.25, -0.2) is 8.42 Å². The molecule has 2 aromatic rings. The second-order valence-electron chi connectivity index (χ2n) is 6.34. The van der Waals surface area contributed by atoms with E-state index in [-0.39, 0.29) is 17.2 Å². The molecule has 2 aromatic carbocycles. The fourth-order valence-corrected chi connectivity index (χ4v) is 5.16. The molecule has 1 aliphatic carbocycles. The third-order valence-corrected chi connectivity index (χ3v) is 6.81. The summed E-state index contributed by atoms with van der Waals surface area (Å²) in [5, 5.41) is 0. The topological polar surface area (TPSA) is 54.2 Å². The fraction of sp³-hybridized carbons (Fsp3) is 0.278. The van der Waals surface area contributed by atoms with Crippen LogP contribution in [0.2, 0.25) is 0 Å². The van der Waals surface area contributed by atoms with Crippen molar-refractivity contribution in [2.24, 2.45) is 0 Å². The van der Waals surface area contributed by atoms with Gasteiger partial charge in [0.05, 0.1) is 4.90 Å². The van der Waals surface area contributed by atoms with Gasteiger partial charge in [0.15, 0.2) is 5.78 Å². The highest BCUT2D eigenvalue weighted by molar-refractivity contribution is 7.89. The van der Waals surface area contributed by atoms with Crippen molar-refractivity contribution in [1.82, 2.24) is 4.31 Å². The summed E-state index contributed by atoms with van der Waals surface area (Å²) >= 11 is 0. The summed E-state index contributed by atoms with van der Waals surface area (Å²) in [6, 6.07) is 14.3. The molecule has 23 heavy (non-hydrogen) atoms. The maximum absolute atomic E-state index is 12.8. The number of rotatable bonds is 2. The molecular formula is C18H17NO3S. The molecule has 1 aliphatic heterocycles. The van der Waals surface area contributed by atoms with Crippen LogP contribution in [0.5, 0.6) is 0 Å². The van der Waals surface area contributed by atoms with E-state index >= 15 is 0 Å². The largest absolute Gasteiger partial charge is 0.292 e. The molecule has 0 saturated carbocycles. The Hall–Kier alpha value is -1.98. The van der Waals surface area contributed by atoms with Crippen LogP contribution in [0.25, 0.3) is 0 Å². The van der Waals surface area contributed by atoms with Gasteiger partial charge in [0.2, 0.25) is 10.0 Å². The van der Waals surface area contributed by atoms with Gasteiger partial charge in [-0.1, -0.05) is 42.0 Å². The van der Waals surface area contributed by atoms with Crippen molar-refractivity contribution in [1.29, 1.82) is 0 Å². The molecule has 0 bridgehead atoms. The number of hydrogen-bond donors (Lipinski definition) is 0. The Morgan fingerprint density at radius 1 is 1.04 bits per heavy atom. The van der Waals surface area contributed by atoms with Crippen molar-refractivity contribution in [3.8, 4) is 0 Å². The lowest BCUT2D eigenvalue weighted by Gasteiger charge is -2.23. The number of ketones is 1. The van der Waals surface area contributed by atoms with Gasteiger partial charge in [-0.05, 0) is 37.5 Å². The fourth-order valence-electron chi connectivity index (χ4n) is 3.41. The Balaban J connectivity index is 1.70. The molecular weight excluding hydrogens is 310 g/mol. The van der Waals surface area contributed by atoms with E-state index in [1.165, 1.54) is 4.31 Å². The molecule has 2 unspecified atom stereocenters. The number of hydrogen-bond acceptors (Lipinski definition) is 3. The van der Waals surface area contributed by atoms with E-state index in [9.17, 15) is 13.2 Å². The zero-order valence-electron chi connectivity index (χ0n) is 12.8. The number of carbonyl (C=O) groups excluding carboxylic acids is 1. The standard InChI is InChI=1S/C18H17NO3S/c1-13-6-8-15(9-7-13)23(21,22)19-12-18(19)11-10-14-4-2-3-5-16(14)17(18)20/h2-9H,10-12H2,1H3. The van der Waals surface area contributed by atoms with Crippen molar-refractivity contribution < 1.29 is 13.2 Å². The number of benzene rings is 2. The summed E-state index contributed by atoms with van der Waals surface area (Å²) in [7, 11) is -3.61. The molecule has 4 rings (SSSR count). The molecule has 1 spiro atoms. The summed E-state index contributed by atoms with van der Waals surface area (Å²) in [5.74, 6) is -0.0602. The zero-order chi connectivity index (χ0) is 16.2. The number of sulfonamides is 1. The van der Waals surface area contributed by atoms with E-state index < -0.39 is 15.6 Å². The third kappa shape index (κ3) is 2.07. The van der Waals surface area contributed by atoms with Crippen LogP contribution in [0, 0.1) is 6.92 Å². The van der Waals surface area contributed by atoms with E-state index in [0.29, 0.717) is 12.0 Å². The molecule has 1 fully saturated rings. The maximum Gasteiger partial charge on any atom is 0.244 e. The van der Waals surface area contributed by atoms with Gasteiger partial charge in [0, 0.05) is 12.1 Å². The van der Waals surface area contributed by atoms with Gasteiger partial charge < -0.3 is 0 Å². The van der Waals surface area contributed by atoms with Gasteiger partial charge in [-0.15, -0.1) is 0 Å². The van der Waals surface area contributed by atoms with Gasteiger partial charge in [0.25, 0.3) is 0 Å². The van der Waals surface area contributed by atoms with Crippen LogP contribution < -0.4 is 0 Å². The van der Waals surface area contributed by atoms with Crippen molar-refractivity contribution in [3.05, 3.63) is 65.2 Å². The Morgan fingerprint density at radius 3 is 2.48 bits per heavy atom. The SMILES string of the molecule is Cc1ccc(S(=O)(=O)N2CC23CCc2ccccc2C3=O)cc1. The van der Waals surface area contributed by atoms with Crippen LogP contribution in [0.4, 0.5) is 0 Å². The number of nitrogens with zero attached hydrogens (tertiary/aromatic N) is 1. The van der Waals surface area contributed by atoms with E-state index in [4.69, 9.17) is 0 Å². The molecule has 0 aromatic heterocycles. The van der Waals surface area contributed by atoms with Crippen molar-refractivity contribution in [2.75, 3.05) is 6.54 Å². The average Bonchev–Trinajstić information content (AvgIpc) is 3.29. The van der Waals surface area contributed by atoms with E-state index in [0.717, 1.165) is 17.5 Å². The molecule has 5 heteroatoms. The van der Waals surface area contributed by atoms with Crippen LogP contribution in [0.3, 0.4) is 0 Å². The van der Waals surface area contributed by atoms with Gasteiger partial charge in [-0.2, -0.15) is 4.31 Å². The molecule has 0 radical (unpaired) electrons. The summed E-state index contributed by atoms with van der Waals surface area (Å²) < 4.78 is 27.0. The molecule has 2 atom stereocenters. The Morgan fingerprint density at radius 2 is 1.74 bits per heavy atom. The summed E-state index contributed by atoms with van der Waals surface area (Å²) in [6.45, 7) is 2.20. The van der Waals surface area contributed by atoms with E-state index in [1.54, 1.807) is 30.3 Å². The van der Waals surface area contributed by atoms with Gasteiger partial charge >= 0.3 is 0 Å². The molecule has 1 heterocycles. The molecule has 118 valence electrons. The summed E-state index contributed by atoms with van der Waals surface area (Å²) in [6.07, 6.45) is 1.30. The Kier molecular flexibility index (Phi) is 3.02. The number of aryl methyl sites for hydroxylation is 2. The minimum absolute atomic E-state index is 0.0602. The predicted octanol–water partition coefficient (Wildman–Crippen LogP) is 2.57. The Bertz CT molecular complexity index is 902. The number of fused-ring (bicyclic) bond motifs is 1. The third-order valence-electron chi connectivity index (χ3n) is 4.88. The monoisotopic (exact) mass is 327 g/mol. The van der Waals surface area contributed by atoms with Crippen LogP contribution in [-0.4, -0.2) is 30.6 Å². The Labute approximate surface area is 135 Å². The lowest BCUT2D eigenvalue weighted by atomic mass is 9.82. The van der Waals surface area contributed by atoms with Crippen molar-refractivity contribution in [2.45, 2.75) is 30.2 Å². The average molecular weight is 327 g/mol. The minimum atomic E-state index is -3.61. The van der Waals surface area contributed by atoms with Crippen molar-refractivity contribution >= 4 is 15.8 Å². The first-order chi connectivity index (χ1) is 10.9. The number of carbonyl (C=O) groups is 1. The van der Waals surface area contributed by atoms with Crippen LogP contribution in [-0.2, 0) is 16.4 Å². The zero-order valence-corrected chi connectivity index (χ0v) is 13.6. The highest BCUT2D eigenvalue weighted by atomic mass is 32.2. The number of Topliss-reactive ketones (excluding diaryl/α,β-unsaturated/α-hetero) is 1. The first-order valence-corrected chi connectivity index (χ1v) is 9.11. The van der Waals surface area contributed by atoms with Gasteiger partial charge in [-0.3, -0.25) is 4.79 Å². The van der Waals surface area contributed by atoms with Crippen LogP contribution >= 0.6 is 0 Å². The lowest BCUT2D eigenvalue weighted by molar-refractivity contribution is 0.0914. The van der Waals surface area contributed by atoms with Crippen molar-refractivity contribution in [3.63, 3.8) is 0 Å². The first kappa shape index (κ1) is 14.6. The lowest BCUT2D eigenvalue weighted by Crippen LogP contribution is -2.36. The molecule has 0 amide bonds. The molecule has 4 nitrogen and oxygen atoms in total. The first-order valence-electron chi connectivity index (χ1n) is 7.67. The molecule has 0 N–H and O–H groups in total. The summed E-state index contributed by atoms with van der Waals surface area (Å²) in [5.41, 5.74) is 1.83. The highest BCUT2D eigenvalue weighted by Gasteiger charge is 2.64. The van der Waals surface area contributed by atoms with Crippen LogP contribution in [0.1, 0.15) is 27.9 Å². The second-order valence-corrected chi connectivity index (χ2v) is 8.20. The van der Waals surface area contributed by atoms with E-state index in [2.05, 4.69) is 0 Å². The van der Waals surface area contributed by atoms with Gasteiger partial charge in [0.1, 0.15) is 5.54 Å². The highest BCUT2D eigenvalue weighted by Crippen LogP contribution is 2.47. The maximum atomic E-state index is 12.8. The quantitative estimate of drug-likeness (QED) is 0.797. The molecule has 1 saturated heterocycles. The van der Waals surface area contributed by atoms with Crippen LogP contribution in [0.15, 0.2) is 53.4 Å². The second kappa shape index (κ2) is 4.76. The molecule has 2 aliphatic rings. The minimum Gasteiger partial charge on any atom is -0.292 e. The normalized spacial score (nSPS) is 26.1. The smallest absolute Gasteiger partial charge is 0.244 e.